The molecule has 142 valence electrons. The SMILES string of the molecule is O=C(CC1CCN(C(=O)Nc2cccc(Cl)c2)CC1)Nc1ccc(F)cc1. The first-order valence-corrected chi connectivity index (χ1v) is 9.24. The van der Waals surface area contributed by atoms with Gasteiger partial charge < -0.3 is 15.5 Å². The molecule has 0 saturated carbocycles. The smallest absolute Gasteiger partial charge is 0.321 e. The maximum atomic E-state index is 12.9. The van der Waals surface area contributed by atoms with Crippen molar-refractivity contribution in [1.29, 1.82) is 0 Å². The molecule has 27 heavy (non-hydrogen) atoms. The van der Waals surface area contributed by atoms with Gasteiger partial charge in [-0.3, -0.25) is 4.79 Å². The molecule has 1 heterocycles. The summed E-state index contributed by atoms with van der Waals surface area (Å²) in [6.07, 6.45) is 1.92. The number of halogens is 2. The van der Waals surface area contributed by atoms with Crippen LogP contribution in [0.25, 0.3) is 0 Å². The van der Waals surface area contributed by atoms with E-state index in [0.29, 0.717) is 35.9 Å². The molecule has 0 unspecified atom stereocenters. The van der Waals surface area contributed by atoms with Gasteiger partial charge >= 0.3 is 6.03 Å². The van der Waals surface area contributed by atoms with E-state index < -0.39 is 0 Å². The van der Waals surface area contributed by atoms with Crippen molar-refractivity contribution < 1.29 is 14.0 Å². The summed E-state index contributed by atoms with van der Waals surface area (Å²) in [5.74, 6) is -0.208. The minimum Gasteiger partial charge on any atom is -0.326 e. The summed E-state index contributed by atoms with van der Waals surface area (Å²) in [7, 11) is 0. The van der Waals surface area contributed by atoms with Crippen molar-refractivity contribution in [3.05, 3.63) is 59.4 Å². The Bertz CT molecular complexity index is 805. The number of nitrogens with zero attached hydrogens (tertiary/aromatic N) is 1. The molecule has 7 heteroatoms. The second-order valence-electron chi connectivity index (χ2n) is 6.63. The molecule has 1 saturated heterocycles. The number of amides is 3. The van der Waals surface area contributed by atoms with Crippen molar-refractivity contribution in [2.24, 2.45) is 5.92 Å². The predicted octanol–water partition coefficient (Wildman–Crippen LogP) is 4.75. The van der Waals surface area contributed by atoms with Crippen LogP contribution in [0.1, 0.15) is 19.3 Å². The van der Waals surface area contributed by atoms with Crippen LogP contribution in [0.5, 0.6) is 0 Å². The van der Waals surface area contributed by atoms with Gasteiger partial charge in [-0.05, 0) is 61.2 Å². The van der Waals surface area contributed by atoms with Crippen LogP contribution < -0.4 is 10.6 Å². The second kappa shape index (κ2) is 8.86. The van der Waals surface area contributed by atoms with E-state index in [1.807, 2.05) is 0 Å². The molecule has 0 aliphatic carbocycles. The van der Waals surface area contributed by atoms with E-state index in [0.717, 1.165) is 12.8 Å². The fraction of sp³-hybridized carbons (Fsp3) is 0.300. The summed E-state index contributed by atoms with van der Waals surface area (Å²) >= 11 is 5.93. The second-order valence-corrected chi connectivity index (χ2v) is 7.07. The lowest BCUT2D eigenvalue weighted by Gasteiger charge is -2.31. The first-order chi connectivity index (χ1) is 13.0. The number of carbonyl (C=O) groups is 2. The summed E-state index contributed by atoms with van der Waals surface area (Å²) in [6.45, 7) is 1.20. The normalized spacial score (nSPS) is 14.7. The van der Waals surface area contributed by atoms with E-state index in [4.69, 9.17) is 11.6 Å². The van der Waals surface area contributed by atoms with Crippen LogP contribution >= 0.6 is 11.6 Å². The van der Waals surface area contributed by atoms with Crippen LogP contribution in [-0.4, -0.2) is 29.9 Å². The molecule has 2 aromatic rings. The molecule has 1 fully saturated rings. The Morgan fingerprint density at radius 1 is 1.04 bits per heavy atom. The molecule has 0 bridgehead atoms. The Kier molecular flexibility index (Phi) is 6.29. The fourth-order valence-electron chi connectivity index (χ4n) is 3.12. The maximum Gasteiger partial charge on any atom is 0.321 e. The zero-order chi connectivity index (χ0) is 19.2. The van der Waals surface area contributed by atoms with Crippen LogP contribution in [0.4, 0.5) is 20.6 Å². The van der Waals surface area contributed by atoms with Crippen molar-refractivity contribution in [2.45, 2.75) is 19.3 Å². The van der Waals surface area contributed by atoms with Crippen molar-refractivity contribution in [2.75, 3.05) is 23.7 Å². The van der Waals surface area contributed by atoms with E-state index in [2.05, 4.69) is 10.6 Å². The Labute approximate surface area is 162 Å². The van der Waals surface area contributed by atoms with Crippen molar-refractivity contribution in [3.63, 3.8) is 0 Å². The van der Waals surface area contributed by atoms with Gasteiger partial charge in [0, 0.05) is 35.9 Å². The highest BCUT2D eigenvalue weighted by Crippen LogP contribution is 2.22. The molecule has 3 amide bonds. The van der Waals surface area contributed by atoms with Gasteiger partial charge in [-0.1, -0.05) is 17.7 Å². The molecule has 1 aliphatic rings. The van der Waals surface area contributed by atoms with E-state index in [9.17, 15) is 14.0 Å². The lowest BCUT2D eigenvalue weighted by Crippen LogP contribution is -2.41. The van der Waals surface area contributed by atoms with Gasteiger partial charge in [-0.25, -0.2) is 9.18 Å². The minimum atomic E-state index is -0.337. The number of hydrogen-bond acceptors (Lipinski definition) is 2. The number of hydrogen-bond donors (Lipinski definition) is 2. The molecule has 0 spiro atoms. The molecular weight excluding hydrogens is 369 g/mol. The first kappa shape index (κ1) is 19.2. The van der Waals surface area contributed by atoms with Gasteiger partial charge in [-0.2, -0.15) is 0 Å². The topological polar surface area (TPSA) is 61.4 Å². The molecule has 3 rings (SSSR count). The molecule has 0 aromatic heterocycles. The van der Waals surface area contributed by atoms with Crippen LogP contribution in [0.2, 0.25) is 5.02 Å². The van der Waals surface area contributed by atoms with Crippen molar-refractivity contribution in [1.82, 2.24) is 4.90 Å². The minimum absolute atomic E-state index is 0.0940. The van der Waals surface area contributed by atoms with Crippen LogP contribution in [0.15, 0.2) is 48.5 Å². The number of nitrogens with one attached hydrogen (secondary N) is 2. The number of rotatable bonds is 4. The van der Waals surface area contributed by atoms with Crippen LogP contribution in [0, 0.1) is 11.7 Å². The van der Waals surface area contributed by atoms with E-state index in [1.54, 1.807) is 29.2 Å². The maximum absolute atomic E-state index is 12.9. The van der Waals surface area contributed by atoms with E-state index in [-0.39, 0.29) is 23.7 Å². The highest BCUT2D eigenvalue weighted by Gasteiger charge is 2.24. The van der Waals surface area contributed by atoms with Gasteiger partial charge in [0.1, 0.15) is 5.82 Å². The summed E-state index contributed by atoms with van der Waals surface area (Å²) in [5.41, 5.74) is 1.24. The fourth-order valence-corrected chi connectivity index (χ4v) is 3.31. The third-order valence-corrected chi connectivity index (χ3v) is 4.81. The van der Waals surface area contributed by atoms with Gasteiger partial charge in [0.15, 0.2) is 0 Å². The van der Waals surface area contributed by atoms with Crippen molar-refractivity contribution in [3.8, 4) is 0 Å². The van der Waals surface area contributed by atoms with Gasteiger partial charge in [-0.15, -0.1) is 0 Å². The monoisotopic (exact) mass is 389 g/mol. The van der Waals surface area contributed by atoms with Crippen LogP contribution in [-0.2, 0) is 4.79 Å². The average molecular weight is 390 g/mol. The Morgan fingerprint density at radius 2 is 1.74 bits per heavy atom. The predicted molar refractivity (Wildman–Crippen MR) is 104 cm³/mol. The summed E-state index contributed by atoms with van der Waals surface area (Å²) in [6, 6.07) is 12.6. The third kappa shape index (κ3) is 5.69. The van der Waals surface area contributed by atoms with Crippen LogP contribution in [0.3, 0.4) is 0 Å². The van der Waals surface area contributed by atoms with E-state index in [1.165, 1.54) is 24.3 Å². The lowest BCUT2D eigenvalue weighted by atomic mass is 9.93. The molecular formula is C20H21ClFN3O2. The highest BCUT2D eigenvalue weighted by molar-refractivity contribution is 6.30. The average Bonchev–Trinajstić information content (AvgIpc) is 2.64. The zero-order valence-electron chi connectivity index (χ0n) is 14.8. The Hall–Kier alpha value is -2.60. The van der Waals surface area contributed by atoms with E-state index >= 15 is 0 Å². The van der Waals surface area contributed by atoms with Gasteiger partial charge in [0.2, 0.25) is 5.91 Å². The Morgan fingerprint density at radius 3 is 2.41 bits per heavy atom. The number of piperidine rings is 1. The molecule has 2 N–H and O–H groups in total. The summed E-state index contributed by atoms with van der Waals surface area (Å²) in [5, 5.41) is 6.18. The van der Waals surface area contributed by atoms with Gasteiger partial charge in [0.25, 0.3) is 0 Å². The lowest BCUT2D eigenvalue weighted by molar-refractivity contribution is -0.117. The van der Waals surface area contributed by atoms with Crippen molar-refractivity contribution >= 4 is 34.9 Å². The number of likely N-dealkylation sites (tertiary alicyclic amines) is 1. The molecule has 1 aliphatic heterocycles. The number of carbonyl (C=O) groups excluding carboxylic acids is 2. The standard InChI is InChI=1S/C20H21ClFN3O2/c21-15-2-1-3-18(13-15)24-20(27)25-10-8-14(9-11-25)12-19(26)23-17-6-4-16(22)5-7-17/h1-7,13-14H,8-12H2,(H,23,26)(H,24,27). The number of benzene rings is 2. The molecule has 5 nitrogen and oxygen atoms in total. The Balaban J connectivity index is 1.43. The molecule has 0 atom stereocenters. The molecule has 0 radical (unpaired) electrons. The molecule has 2 aromatic carbocycles. The first-order valence-electron chi connectivity index (χ1n) is 8.86. The number of anilines is 2. The third-order valence-electron chi connectivity index (χ3n) is 4.58. The summed E-state index contributed by atoms with van der Waals surface area (Å²) < 4.78 is 12.9. The number of urea groups is 1. The van der Waals surface area contributed by atoms with Gasteiger partial charge in [0.05, 0.1) is 0 Å². The zero-order valence-corrected chi connectivity index (χ0v) is 15.5. The highest BCUT2D eigenvalue weighted by atomic mass is 35.5. The summed E-state index contributed by atoms with van der Waals surface area (Å²) in [4.78, 5) is 26.2. The largest absolute Gasteiger partial charge is 0.326 e. The quantitative estimate of drug-likeness (QED) is 0.792.